The van der Waals surface area contributed by atoms with E-state index in [0.717, 1.165) is 19.4 Å². The first kappa shape index (κ1) is 17.9. The lowest BCUT2D eigenvalue weighted by Crippen LogP contribution is -2.54. The van der Waals surface area contributed by atoms with Crippen LogP contribution in [0.25, 0.3) is 0 Å². The van der Waals surface area contributed by atoms with E-state index in [4.69, 9.17) is 9.26 Å². The average Bonchev–Trinajstić information content (AvgIpc) is 2.84. The normalized spacial score (nSPS) is 19.7. The van der Waals surface area contributed by atoms with Gasteiger partial charge in [0.2, 0.25) is 0 Å². The van der Waals surface area contributed by atoms with Crippen LogP contribution in [0.5, 0.6) is 0 Å². The number of sulfonamides is 1. The summed E-state index contributed by atoms with van der Waals surface area (Å²) in [5.74, 6) is -0.425. The summed E-state index contributed by atoms with van der Waals surface area (Å²) < 4.78 is 37.2. The summed E-state index contributed by atoms with van der Waals surface area (Å²) in [5, 5.41) is 3.62. The molecule has 1 saturated heterocycles. The Bertz CT molecular complexity index is 636. The van der Waals surface area contributed by atoms with Crippen LogP contribution in [0.3, 0.4) is 0 Å². The average molecular weight is 345 g/mol. The summed E-state index contributed by atoms with van der Waals surface area (Å²) in [4.78, 5) is 14.3. The van der Waals surface area contributed by atoms with E-state index in [1.54, 1.807) is 0 Å². The molecule has 1 N–H and O–H groups in total. The molecule has 1 aliphatic rings. The van der Waals surface area contributed by atoms with Crippen LogP contribution in [0.15, 0.2) is 9.42 Å². The Morgan fingerprint density at radius 3 is 2.78 bits per heavy atom. The predicted molar refractivity (Wildman–Crippen MR) is 82.4 cm³/mol. The van der Waals surface area contributed by atoms with Crippen molar-refractivity contribution in [2.24, 2.45) is 0 Å². The molecule has 1 amide bonds. The molecule has 1 aromatic rings. The van der Waals surface area contributed by atoms with E-state index in [9.17, 15) is 13.2 Å². The zero-order chi connectivity index (χ0) is 17.0. The van der Waals surface area contributed by atoms with Gasteiger partial charge in [0.05, 0.1) is 13.2 Å². The highest BCUT2D eigenvalue weighted by atomic mass is 32.2. The minimum atomic E-state index is -4.01. The molecular formula is C14H23N3O5S. The maximum atomic E-state index is 12.4. The van der Waals surface area contributed by atoms with Crippen molar-refractivity contribution in [3.05, 3.63) is 11.5 Å². The molecule has 130 valence electrons. The van der Waals surface area contributed by atoms with Crippen LogP contribution in [0.2, 0.25) is 0 Å². The van der Waals surface area contributed by atoms with E-state index in [1.807, 2.05) is 4.90 Å². The van der Waals surface area contributed by atoms with Crippen LogP contribution >= 0.6 is 0 Å². The fraction of sp³-hybridized carbons (Fsp3) is 0.714. The molecule has 0 spiro atoms. The molecule has 0 saturated carbocycles. The molecule has 0 unspecified atom stereocenters. The second-order valence-electron chi connectivity index (χ2n) is 5.60. The number of aromatic nitrogens is 1. The molecule has 0 aliphatic carbocycles. The second-order valence-corrected chi connectivity index (χ2v) is 7.22. The van der Waals surface area contributed by atoms with Gasteiger partial charge in [-0.15, -0.1) is 0 Å². The zero-order valence-electron chi connectivity index (χ0n) is 13.7. The highest BCUT2D eigenvalue weighted by Gasteiger charge is 2.33. The molecule has 1 aliphatic heterocycles. The van der Waals surface area contributed by atoms with Gasteiger partial charge in [-0.1, -0.05) is 18.5 Å². The summed E-state index contributed by atoms with van der Waals surface area (Å²) >= 11 is 0. The molecule has 2 heterocycles. The van der Waals surface area contributed by atoms with E-state index in [0.29, 0.717) is 13.2 Å². The van der Waals surface area contributed by atoms with Crippen molar-refractivity contribution in [3.63, 3.8) is 0 Å². The van der Waals surface area contributed by atoms with Crippen molar-refractivity contribution < 1.29 is 22.5 Å². The zero-order valence-corrected chi connectivity index (χ0v) is 14.5. The number of morpholine rings is 1. The van der Waals surface area contributed by atoms with Crippen LogP contribution < -0.4 is 4.72 Å². The van der Waals surface area contributed by atoms with Gasteiger partial charge in [0.1, 0.15) is 11.7 Å². The number of hydrogen-bond acceptors (Lipinski definition) is 7. The maximum absolute atomic E-state index is 12.4. The van der Waals surface area contributed by atoms with Crippen molar-refractivity contribution in [1.29, 1.82) is 0 Å². The Labute approximate surface area is 136 Å². The molecule has 2 rings (SSSR count). The number of ether oxygens (including phenoxy) is 1. The van der Waals surface area contributed by atoms with Gasteiger partial charge in [-0.25, -0.2) is 13.1 Å². The predicted octanol–water partition coefficient (Wildman–Crippen LogP) is 0.597. The monoisotopic (exact) mass is 345 g/mol. The molecule has 1 atom stereocenters. The lowest BCUT2D eigenvalue weighted by Gasteiger charge is -2.34. The highest BCUT2D eigenvalue weighted by Crippen LogP contribution is 2.19. The molecule has 0 radical (unpaired) electrons. The summed E-state index contributed by atoms with van der Waals surface area (Å²) in [7, 11) is -4.01. The summed E-state index contributed by atoms with van der Waals surface area (Å²) in [6.45, 7) is 7.17. The van der Waals surface area contributed by atoms with Crippen LogP contribution in [-0.4, -0.2) is 56.7 Å². The third kappa shape index (κ3) is 4.10. The number of amides is 1. The van der Waals surface area contributed by atoms with E-state index < -0.39 is 22.0 Å². The number of nitrogens with zero attached hydrogens (tertiary/aromatic N) is 2. The first-order chi connectivity index (χ1) is 10.9. The van der Waals surface area contributed by atoms with Crippen LogP contribution in [0.1, 0.15) is 31.2 Å². The van der Waals surface area contributed by atoms with Gasteiger partial charge in [0.15, 0.2) is 10.7 Å². The Morgan fingerprint density at radius 1 is 1.43 bits per heavy atom. The Morgan fingerprint density at radius 2 is 2.17 bits per heavy atom. The third-order valence-corrected chi connectivity index (χ3v) is 5.40. The lowest BCUT2D eigenvalue weighted by atomic mass is 10.2. The quantitative estimate of drug-likeness (QED) is 0.805. The summed E-state index contributed by atoms with van der Waals surface area (Å²) in [6.07, 6.45) is 1.95. The van der Waals surface area contributed by atoms with Crippen molar-refractivity contribution in [3.8, 4) is 0 Å². The first-order valence-corrected chi connectivity index (χ1v) is 9.16. The van der Waals surface area contributed by atoms with Gasteiger partial charge in [-0.2, -0.15) is 0 Å². The second kappa shape index (κ2) is 7.41. The van der Waals surface area contributed by atoms with Crippen molar-refractivity contribution >= 4 is 15.9 Å². The number of unbranched alkanes of at least 4 members (excludes halogenated alkanes) is 1. The van der Waals surface area contributed by atoms with Gasteiger partial charge in [-0.05, 0) is 26.8 Å². The van der Waals surface area contributed by atoms with Crippen LogP contribution in [0, 0.1) is 13.8 Å². The lowest BCUT2D eigenvalue weighted by molar-refractivity contribution is -0.130. The van der Waals surface area contributed by atoms with Crippen LogP contribution in [-0.2, 0) is 19.6 Å². The third-order valence-electron chi connectivity index (χ3n) is 3.81. The van der Waals surface area contributed by atoms with Gasteiger partial charge in [0.25, 0.3) is 15.9 Å². The standard InChI is InChI=1S/C14H23N3O5S/c1-4-5-6-17-7-8-21-9-12(17)14(18)16-23(19,20)13-10(2)15-22-11(13)3/h12H,4-9H2,1-3H3,(H,16,18)/t12-/m1/s1. The number of hydrogen-bond donors (Lipinski definition) is 1. The molecule has 1 fully saturated rings. The molecule has 23 heavy (non-hydrogen) atoms. The number of aryl methyl sites for hydroxylation is 2. The smallest absolute Gasteiger partial charge is 0.269 e. The minimum absolute atomic E-state index is 0.0808. The highest BCUT2D eigenvalue weighted by molar-refractivity contribution is 7.90. The van der Waals surface area contributed by atoms with E-state index in [2.05, 4.69) is 16.8 Å². The van der Waals surface area contributed by atoms with Crippen molar-refractivity contribution in [2.45, 2.75) is 44.6 Å². The fourth-order valence-corrected chi connectivity index (χ4v) is 3.96. The van der Waals surface area contributed by atoms with E-state index in [1.165, 1.54) is 13.8 Å². The molecule has 0 aromatic carbocycles. The summed E-state index contributed by atoms with van der Waals surface area (Å²) in [5.41, 5.74) is 0.227. The number of nitrogens with one attached hydrogen (secondary N) is 1. The molecule has 9 heteroatoms. The number of rotatable bonds is 6. The van der Waals surface area contributed by atoms with Gasteiger partial charge < -0.3 is 9.26 Å². The fourth-order valence-electron chi connectivity index (χ4n) is 2.62. The summed E-state index contributed by atoms with van der Waals surface area (Å²) in [6, 6.07) is -0.606. The first-order valence-electron chi connectivity index (χ1n) is 7.68. The maximum Gasteiger partial charge on any atom is 0.269 e. The molecule has 0 bridgehead atoms. The van der Waals surface area contributed by atoms with E-state index >= 15 is 0 Å². The topological polar surface area (TPSA) is 102 Å². The minimum Gasteiger partial charge on any atom is -0.378 e. The Kier molecular flexibility index (Phi) is 5.77. The van der Waals surface area contributed by atoms with Gasteiger partial charge in [-0.3, -0.25) is 9.69 Å². The van der Waals surface area contributed by atoms with Crippen molar-refractivity contribution in [2.75, 3.05) is 26.3 Å². The SMILES string of the molecule is CCCCN1CCOC[C@@H]1C(=O)NS(=O)(=O)c1c(C)noc1C. The molecule has 1 aromatic heterocycles. The largest absolute Gasteiger partial charge is 0.378 e. The number of carbonyl (C=O) groups is 1. The number of carbonyl (C=O) groups excluding carboxylic acids is 1. The van der Waals surface area contributed by atoms with Gasteiger partial charge in [0, 0.05) is 6.54 Å². The molecule has 8 nitrogen and oxygen atoms in total. The van der Waals surface area contributed by atoms with Gasteiger partial charge >= 0.3 is 0 Å². The Hall–Kier alpha value is -1.45. The van der Waals surface area contributed by atoms with E-state index in [-0.39, 0.29) is 23.0 Å². The molecular weight excluding hydrogens is 322 g/mol. The Balaban J connectivity index is 2.13. The van der Waals surface area contributed by atoms with Crippen molar-refractivity contribution in [1.82, 2.24) is 14.8 Å². The van der Waals surface area contributed by atoms with Crippen LogP contribution in [0.4, 0.5) is 0 Å².